The third kappa shape index (κ3) is 3.11. The topological polar surface area (TPSA) is 64.3 Å². The number of carbonyl (C=O) groups excluding carboxylic acids is 1. The zero-order chi connectivity index (χ0) is 14.5. The molecule has 0 saturated heterocycles. The van der Waals surface area contributed by atoms with E-state index in [9.17, 15) is 4.79 Å². The summed E-state index contributed by atoms with van der Waals surface area (Å²) in [7, 11) is 1.34. The smallest absolute Gasteiger partial charge is 0.340 e. The molecule has 0 spiro atoms. The number of carbonyl (C=O) groups is 1. The van der Waals surface area contributed by atoms with Crippen molar-refractivity contribution in [1.82, 2.24) is 0 Å². The van der Waals surface area contributed by atoms with Crippen molar-refractivity contribution in [3.05, 3.63) is 58.1 Å². The molecule has 0 heterocycles. The zero-order valence-corrected chi connectivity index (χ0v) is 12.6. The Morgan fingerprint density at radius 2 is 2.00 bits per heavy atom. The minimum Gasteiger partial charge on any atom is -0.465 e. The maximum Gasteiger partial charge on any atom is 0.340 e. The highest BCUT2D eigenvalue weighted by molar-refractivity contribution is 9.10. The average molecular weight is 335 g/mol. The second kappa shape index (κ2) is 6.43. The Labute approximate surface area is 126 Å². The summed E-state index contributed by atoms with van der Waals surface area (Å²) in [5, 5.41) is 3.23. The summed E-state index contributed by atoms with van der Waals surface area (Å²) in [6, 6.07) is 13.2. The van der Waals surface area contributed by atoms with E-state index in [1.54, 1.807) is 12.1 Å². The van der Waals surface area contributed by atoms with Gasteiger partial charge in [0.1, 0.15) is 0 Å². The lowest BCUT2D eigenvalue weighted by Crippen LogP contribution is -2.09. The number of nitrogen functional groups attached to an aromatic ring is 1. The molecular formula is C15H15BrN2O2. The van der Waals surface area contributed by atoms with Crippen LogP contribution in [0.15, 0.2) is 46.9 Å². The number of anilines is 2. The fourth-order valence-electron chi connectivity index (χ4n) is 1.84. The number of esters is 1. The second-order valence-electron chi connectivity index (χ2n) is 4.20. The number of methoxy groups -OCH3 is 1. The molecule has 0 saturated carbocycles. The van der Waals surface area contributed by atoms with Gasteiger partial charge < -0.3 is 15.8 Å². The fraction of sp³-hybridized carbons (Fsp3) is 0.133. The van der Waals surface area contributed by atoms with Gasteiger partial charge in [0.05, 0.1) is 24.0 Å². The minimum absolute atomic E-state index is 0.365. The van der Waals surface area contributed by atoms with Crippen molar-refractivity contribution >= 4 is 33.3 Å². The molecule has 0 amide bonds. The van der Waals surface area contributed by atoms with Gasteiger partial charge in [-0.3, -0.25) is 0 Å². The van der Waals surface area contributed by atoms with E-state index >= 15 is 0 Å². The van der Waals surface area contributed by atoms with E-state index in [1.807, 2.05) is 30.3 Å². The lowest BCUT2D eigenvalue weighted by atomic mass is 10.1. The molecule has 104 valence electrons. The van der Waals surface area contributed by atoms with Crippen molar-refractivity contribution in [3.63, 3.8) is 0 Å². The molecule has 0 aromatic heterocycles. The van der Waals surface area contributed by atoms with Gasteiger partial charge in [-0.25, -0.2) is 4.79 Å². The molecule has 0 radical (unpaired) electrons. The van der Waals surface area contributed by atoms with Crippen molar-refractivity contribution in [2.45, 2.75) is 6.54 Å². The van der Waals surface area contributed by atoms with Crippen LogP contribution in [0.4, 0.5) is 11.4 Å². The Morgan fingerprint density at radius 3 is 2.70 bits per heavy atom. The first-order chi connectivity index (χ1) is 9.63. The van der Waals surface area contributed by atoms with Crippen LogP contribution in [-0.4, -0.2) is 13.1 Å². The van der Waals surface area contributed by atoms with Gasteiger partial charge in [-0.1, -0.05) is 40.2 Å². The molecule has 2 rings (SSSR count). The van der Waals surface area contributed by atoms with Crippen LogP contribution < -0.4 is 11.1 Å². The number of halogens is 1. The van der Waals surface area contributed by atoms with Gasteiger partial charge in [0.15, 0.2) is 0 Å². The molecule has 20 heavy (non-hydrogen) atoms. The van der Waals surface area contributed by atoms with E-state index < -0.39 is 5.97 Å². The lowest BCUT2D eigenvalue weighted by Gasteiger charge is -2.12. The summed E-state index contributed by atoms with van der Waals surface area (Å²) in [5.74, 6) is -0.438. The van der Waals surface area contributed by atoms with Crippen LogP contribution in [-0.2, 0) is 11.3 Å². The van der Waals surface area contributed by atoms with Crippen LogP contribution >= 0.6 is 15.9 Å². The Bertz CT molecular complexity index is 629. The first-order valence-electron chi connectivity index (χ1n) is 6.07. The van der Waals surface area contributed by atoms with Gasteiger partial charge >= 0.3 is 5.97 Å². The second-order valence-corrected chi connectivity index (χ2v) is 5.06. The monoisotopic (exact) mass is 334 g/mol. The average Bonchev–Trinajstić information content (AvgIpc) is 2.47. The van der Waals surface area contributed by atoms with E-state index in [2.05, 4.69) is 21.2 Å². The zero-order valence-electron chi connectivity index (χ0n) is 11.0. The summed E-state index contributed by atoms with van der Waals surface area (Å²) >= 11 is 3.49. The van der Waals surface area contributed by atoms with E-state index in [0.29, 0.717) is 23.5 Å². The number of hydrogen-bond acceptors (Lipinski definition) is 4. The molecule has 0 fully saturated rings. The van der Waals surface area contributed by atoms with Gasteiger partial charge in [0.25, 0.3) is 0 Å². The third-order valence-electron chi connectivity index (χ3n) is 2.94. The predicted molar refractivity (Wildman–Crippen MR) is 83.7 cm³/mol. The number of ether oxygens (including phenoxy) is 1. The molecule has 3 N–H and O–H groups in total. The first kappa shape index (κ1) is 14.4. The van der Waals surface area contributed by atoms with Crippen LogP contribution in [0, 0.1) is 0 Å². The fourth-order valence-corrected chi connectivity index (χ4v) is 2.26. The van der Waals surface area contributed by atoms with Crippen molar-refractivity contribution in [2.24, 2.45) is 0 Å². The highest BCUT2D eigenvalue weighted by Crippen LogP contribution is 2.25. The van der Waals surface area contributed by atoms with Gasteiger partial charge in [-0.15, -0.1) is 0 Å². The van der Waals surface area contributed by atoms with E-state index in [0.717, 1.165) is 10.0 Å². The number of nitrogens with two attached hydrogens (primary N) is 1. The van der Waals surface area contributed by atoms with Crippen molar-refractivity contribution in [1.29, 1.82) is 0 Å². The first-order valence-corrected chi connectivity index (χ1v) is 6.87. The third-order valence-corrected chi connectivity index (χ3v) is 3.71. The number of hydrogen-bond donors (Lipinski definition) is 2. The quantitative estimate of drug-likeness (QED) is 0.664. The Hall–Kier alpha value is -2.01. The molecule has 0 aliphatic rings. The SMILES string of the molecule is COC(=O)c1cccc(NCc2ccccc2Br)c1N. The summed E-state index contributed by atoms with van der Waals surface area (Å²) in [6.45, 7) is 0.607. The highest BCUT2D eigenvalue weighted by Gasteiger charge is 2.12. The predicted octanol–water partition coefficient (Wildman–Crippen LogP) is 3.43. The van der Waals surface area contributed by atoms with Gasteiger partial charge in [-0.2, -0.15) is 0 Å². The van der Waals surface area contributed by atoms with Crippen molar-refractivity contribution < 1.29 is 9.53 Å². The van der Waals surface area contributed by atoms with Gasteiger partial charge in [-0.05, 0) is 23.8 Å². The van der Waals surface area contributed by atoms with Crippen molar-refractivity contribution in [3.8, 4) is 0 Å². The number of benzene rings is 2. The normalized spacial score (nSPS) is 10.1. The Kier molecular flexibility index (Phi) is 4.63. The standard InChI is InChI=1S/C15H15BrN2O2/c1-20-15(19)11-6-4-8-13(14(11)17)18-9-10-5-2-3-7-12(10)16/h2-8,18H,9,17H2,1H3. The van der Waals surface area contributed by atoms with E-state index in [1.165, 1.54) is 7.11 Å². The van der Waals surface area contributed by atoms with Crippen molar-refractivity contribution in [2.75, 3.05) is 18.2 Å². The van der Waals surface area contributed by atoms with Crippen LogP contribution in [0.5, 0.6) is 0 Å². The molecule has 0 bridgehead atoms. The number of nitrogens with one attached hydrogen (secondary N) is 1. The largest absolute Gasteiger partial charge is 0.465 e. The highest BCUT2D eigenvalue weighted by atomic mass is 79.9. The van der Waals surface area contributed by atoms with Gasteiger partial charge in [0, 0.05) is 11.0 Å². The molecular weight excluding hydrogens is 320 g/mol. The molecule has 2 aromatic carbocycles. The minimum atomic E-state index is -0.438. The molecule has 5 heteroatoms. The van der Waals surface area contributed by atoms with Crippen LogP contribution in [0.1, 0.15) is 15.9 Å². The van der Waals surface area contributed by atoms with Crippen LogP contribution in [0.25, 0.3) is 0 Å². The lowest BCUT2D eigenvalue weighted by molar-refractivity contribution is 0.0602. The Morgan fingerprint density at radius 1 is 1.25 bits per heavy atom. The number of para-hydroxylation sites is 1. The van der Waals surface area contributed by atoms with Crippen LogP contribution in [0.2, 0.25) is 0 Å². The molecule has 4 nitrogen and oxygen atoms in total. The van der Waals surface area contributed by atoms with Crippen LogP contribution in [0.3, 0.4) is 0 Å². The maximum absolute atomic E-state index is 11.6. The molecule has 0 aliphatic heterocycles. The molecule has 0 atom stereocenters. The summed E-state index contributed by atoms with van der Waals surface area (Å²) in [5.41, 5.74) is 8.57. The van der Waals surface area contributed by atoms with E-state index in [-0.39, 0.29) is 0 Å². The molecule has 0 aliphatic carbocycles. The van der Waals surface area contributed by atoms with Gasteiger partial charge in [0.2, 0.25) is 0 Å². The Balaban J connectivity index is 2.18. The molecule has 2 aromatic rings. The summed E-state index contributed by atoms with van der Waals surface area (Å²) in [6.07, 6.45) is 0. The maximum atomic E-state index is 11.6. The summed E-state index contributed by atoms with van der Waals surface area (Å²) in [4.78, 5) is 11.6. The van der Waals surface area contributed by atoms with E-state index in [4.69, 9.17) is 10.5 Å². The summed E-state index contributed by atoms with van der Waals surface area (Å²) < 4.78 is 5.72. The number of rotatable bonds is 4. The molecule has 0 unspecified atom stereocenters.